The van der Waals surface area contributed by atoms with E-state index in [1.807, 2.05) is 30.3 Å². The summed E-state index contributed by atoms with van der Waals surface area (Å²) in [7, 11) is 0. The number of pyridine rings is 1. The molecule has 1 aliphatic rings. The van der Waals surface area contributed by atoms with Gasteiger partial charge in [0, 0.05) is 37.3 Å². The van der Waals surface area contributed by atoms with E-state index in [-0.39, 0.29) is 25.2 Å². The van der Waals surface area contributed by atoms with Crippen LogP contribution >= 0.6 is 0 Å². The SMILES string of the molecule is O=C(c1ccnc(OC2CCOC2)c1)N(CCO)Cc1ccccc1. The van der Waals surface area contributed by atoms with Crippen LogP contribution < -0.4 is 4.74 Å². The molecule has 0 spiro atoms. The van der Waals surface area contributed by atoms with Crippen molar-refractivity contribution < 1.29 is 19.4 Å². The summed E-state index contributed by atoms with van der Waals surface area (Å²) in [6, 6.07) is 13.0. The van der Waals surface area contributed by atoms with Gasteiger partial charge in [0.05, 0.1) is 19.8 Å². The van der Waals surface area contributed by atoms with Crippen LogP contribution in [0.25, 0.3) is 0 Å². The molecule has 25 heavy (non-hydrogen) atoms. The molecule has 0 bridgehead atoms. The van der Waals surface area contributed by atoms with E-state index in [2.05, 4.69) is 4.98 Å². The van der Waals surface area contributed by atoms with Gasteiger partial charge in [-0.3, -0.25) is 4.79 Å². The number of benzene rings is 1. The number of aromatic nitrogens is 1. The monoisotopic (exact) mass is 342 g/mol. The number of nitrogens with zero attached hydrogens (tertiary/aromatic N) is 2. The molecule has 0 radical (unpaired) electrons. The van der Waals surface area contributed by atoms with Gasteiger partial charge >= 0.3 is 0 Å². The molecule has 1 saturated heterocycles. The highest BCUT2D eigenvalue weighted by Gasteiger charge is 2.20. The number of amides is 1. The van der Waals surface area contributed by atoms with Crippen molar-refractivity contribution in [2.45, 2.75) is 19.1 Å². The highest BCUT2D eigenvalue weighted by molar-refractivity contribution is 5.94. The van der Waals surface area contributed by atoms with E-state index in [1.54, 1.807) is 23.2 Å². The zero-order valence-corrected chi connectivity index (χ0v) is 14.0. The summed E-state index contributed by atoms with van der Waals surface area (Å²) >= 11 is 0. The minimum atomic E-state index is -0.159. The van der Waals surface area contributed by atoms with Gasteiger partial charge in [0.2, 0.25) is 5.88 Å². The Kier molecular flexibility index (Phi) is 5.98. The van der Waals surface area contributed by atoms with Crippen molar-refractivity contribution in [1.29, 1.82) is 0 Å². The quantitative estimate of drug-likeness (QED) is 0.832. The minimum absolute atomic E-state index is 0.0179. The van der Waals surface area contributed by atoms with Crippen molar-refractivity contribution in [3.8, 4) is 5.88 Å². The number of carbonyl (C=O) groups excluding carboxylic acids is 1. The maximum atomic E-state index is 12.8. The first-order chi connectivity index (χ1) is 12.3. The van der Waals surface area contributed by atoms with Crippen LogP contribution in [0.1, 0.15) is 22.3 Å². The fourth-order valence-corrected chi connectivity index (χ4v) is 2.74. The van der Waals surface area contributed by atoms with E-state index in [0.29, 0.717) is 31.2 Å². The molecule has 6 heteroatoms. The molecule has 1 atom stereocenters. The van der Waals surface area contributed by atoms with Gasteiger partial charge in [0.1, 0.15) is 6.10 Å². The fourth-order valence-electron chi connectivity index (χ4n) is 2.74. The number of rotatable bonds is 7. The third-order valence-electron chi connectivity index (χ3n) is 4.03. The first-order valence-corrected chi connectivity index (χ1v) is 8.41. The lowest BCUT2D eigenvalue weighted by atomic mass is 10.2. The molecule has 6 nitrogen and oxygen atoms in total. The lowest BCUT2D eigenvalue weighted by Gasteiger charge is -2.22. The number of aliphatic hydroxyl groups excluding tert-OH is 1. The summed E-state index contributed by atoms with van der Waals surface area (Å²) in [5, 5.41) is 9.31. The molecule has 1 aromatic heterocycles. The van der Waals surface area contributed by atoms with Gasteiger partial charge in [-0.25, -0.2) is 4.98 Å². The summed E-state index contributed by atoms with van der Waals surface area (Å²) in [6.07, 6.45) is 2.37. The van der Waals surface area contributed by atoms with Crippen LogP contribution in [0.5, 0.6) is 5.88 Å². The molecule has 1 N–H and O–H groups in total. The lowest BCUT2D eigenvalue weighted by Crippen LogP contribution is -2.33. The number of hydrogen-bond acceptors (Lipinski definition) is 5. The van der Waals surface area contributed by atoms with Crippen molar-refractivity contribution in [3.63, 3.8) is 0 Å². The van der Waals surface area contributed by atoms with E-state index in [1.165, 1.54) is 0 Å². The Morgan fingerprint density at radius 2 is 2.16 bits per heavy atom. The molecule has 2 heterocycles. The maximum Gasteiger partial charge on any atom is 0.254 e. The number of hydrogen-bond donors (Lipinski definition) is 1. The molecule has 1 fully saturated rings. The van der Waals surface area contributed by atoms with Crippen LogP contribution in [-0.2, 0) is 11.3 Å². The highest BCUT2D eigenvalue weighted by Crippen LogP contribution is 2.17. The highest BCUT2D eigenvalue weighted by atomic mass is 16.5. The average molecular weight is 342 g/mol. The van der Waals surface area contributed by atoms with E-state index in [0.717, 1.165) is 12.0 Å². The van der Waals surface area contributed by atoms with Gasteiger partial charge in [0.25, 0.3) is 5.91 Å². The van der Waals surface area contributed by atoms with Crippen LogP contribution in [0.3, 0.4) is 0 Å². The molecule has 1 aliphatic heterocycles. The topological polar surface area (TPSA) is 71.9 Å². The molecular weight excluding hydrogens is 320 g/mol. The molecule has 1 aromatic carbocycles. The molecule has 1 unspecified atom stereocenters. The summed E-state index contributed by atoms with van der Waals surface area (Å²) in [5.41, 5.74) is 1.51. The Morgan fingerprint density at radius 3 is 2.88 bits per heavy atom. The van der Waals surface area contributed by atoms with Crippen LogP contribution in [0.15, 0.2) is 48.7 Å². The largest absolute Gasteiger partial charge is 0.472 e. The Labute approximate surface area is 147 Å². The summed E-state index contributed by atoms with van der Waals surface area (Å²) in [5.74, 6) is 0.262. The zero-order chi connectivity index (χ0) is 17.5. The lowest BCUT2D eigenvalue weighted by molar-refractivity contribution is 0.0706. The van der Waals surface area contributed by atoms with Gasteiger partial charge in [-0.05, 0) is 11.6 Å². The molecule has 1 amide bonds. The molecule has 0 aliphatic carbocycles. The zero-order valence-electron chi connectivity index (χ0n) is 14.0. The Bertz CT molecular complexity index is 687. The van der Waals surface area contributed by atoms with Gasteiger partial charge in [-0.1, -0.05) is 30.3 Å². The van der Waals surface area contributed by atoms with E-state index < -0.39 is 0 Å². The predicted molar refractivity (Wildman–Crippen MR) is 92.4 cm³/mol. The molecular formula is C19H22N2O4. The number of carbonyl (C=O) groups is 1. The molecule has 0 saturated carbocycles. The van der Waals surface area contributed by atoms with E-state index >= 15 is 0 Å². The first-order valence-electron chi connectivity index (χ1n) is 8.41. The van der Waals surface area contributed by atoms with Crippen LogP contribution in [0.2, 0.25) is 0 Å². The first kappa shape index (κ1) is 17.4. The summed E-state index contributed by atoms with van der Waals surface area (Å²) in [4.78, 5) is 18.6. The van der Waals surface area contributed by atoms with E-state index in [9.17, 15) is 9.90 Å². The third-order valence-corrected chi connectivity index (χ3v) is 4.03. The number of ether oxygens (including phenoxy) is 2. The van der Waals surface area contributed by atoms with Gasteiger partial charge < -0.3 is 19.5 Å². The van der Waals surface area contributed by atoms with Crippen molar-refractivity contribution in [2.24, 2.45) is 0 Å². The second-order valence-electron chi connectivity index (χ2n) is 5.92. The van der Waals surface area contributed by atoms with Crippen molar-refractivity contribution >= 4 is 5.91 Å². The third kappa shape index (κ3) is 4.78. The Morgan fingerprint density at radius 1 is 1.32 bits per heavy atom. The molecule has 2 aromatic rings. The second kappa shape index (κ2) is 8.60. The van der Waals surface area contributed by atoms with Crippen LogP contribution in [0, 0.1) is 0 Å². The normalized spacial score (nSPS) is 16.6. The molecule has 132 valence electrons. The summed E-state index contributed by atoms with van der Waals surface area (Å²) < 4.78 is 11.1. The smallest absolute Gasteiger partial charge is 0.254 e. The maximum absolute atomic E-state index is 12.8. The standard InChI is InChI=1S/C19H22N2O4/c22-10-9-21(13-15-4-2-1-3-5-15)19(23)16-6-8-20-18(12-16)25-17-7-11-24-14-17/h1-6,8,12,17,22H,7,9-11,13-14H2. The van der Waals surface area contributed by atoms with Crippen molar-refractivity contribution in [3.05, 3.63) is 59.8 Å². The fraction of sp³-hybridized carbons (Fsp3) is 0.368. The van der Waals surface area contributed by atoms with Crippen LogP contribution in [-0.4, -0.2) is 53.4 Å². The Hall–Kier alpha value is -2.44. The summed E-state index contributed by atoms with van der Waals surface area (Å²) in [6.45, 7) is 1.85. The Balaban J connectivity index is 1.72. The average Bonchev–Trinajstić information content (AvgIpc) is 3.15. The van der Waals surface area contributed by atoms with Gasteiger partial charge in [-0.2, -0.15) is 0 Å². The van der Waals surface area contributed by atoms with Crippen LogP contribution in [0.4, 0.5) is 0 Å². The minimum Gasteiger partial charge on any atom is -0.472 e. The predicted octanol–water partition coefficient (Wildman–Crippen LogP) is 1.88. The second-order valence-corrected chi connectivity index (χ2v) is 5.92. The van der Waals surface area contributed by atoms with Crippen molar-refractivity contribution in [1.82, 2.24) is 9.88 Å². The van der Waals surface area contributed by atoms with Gasteiger partial charge in [-0.15, -0.1) is 0 Å². The van der Waals surface area contributed by atoms with E-state index in [4.69, 9.17) is 9.47 Å². The van der Waals surface area contributed by atoms with Gasteiger partial charge in [0.15, 0.2) is 0 Å². The number of aliphatic hydroxyl groups is 1. The molecule has 3 rings (SSSR count). The van der Waals surface area contributed by atoms with Crippen molar-refractivity contribution in [2.75, 3.05) is 26.4 Å².